The summed E-state index contributed by atoms with van der Waals surface area (Å²) >= 11 is 0. The van der Waals surface area contributed by atoms with Crippen molar-refractivity contribution in [2.45, 2.75) is 19.3 Å². The summed E-state index contributed by atoms with van der Waals surface area (Å²) in [6.45, 7) is 0.351. The maximum Gasteiger partial charge on any atom is 0.416 e. The molecule has 0 aliphatic rings. The van der Waals surface area contributed by atoms with Crippen LogP contribution in [-0.4, -0.2) is 31.1 Å². The van der Waals surface area contributed by atoms with Crippen LogP contribution in [0.5, 0.6) is 0 Å². The zero-order valence-electron chi connectivity index (χ0n) is 15.8. The number of fused-ring (bicyclic) bond motifs is 3. The molecule has 9 heteroatoms. The Labute approximate surface area is 163 Å². The van der Waals surface area contributed by atoms with Gasteiger partial charge in [0, 0.05) is 13.6 Å². The number of rotatable bonds is 4. The van der Waals surface area contributed by atoms with Gasteiger partial charge < -0.3 is 0 Å². The van der Waals surface area contributed by atoms with Gasteiger partial charge in [0.05, 0.1) is 23.0 Å². The molecule has 0 amide bonds. The molecule has 6 nitrogen and oxygen atoms in total. The number of alkyl halides is 3. The molecule has 29 heavy (non-hydrogen) atoms. The van der Waals surface area contributed by atoms with Crippen molar-refractivity contribution >= 4 is 16.7 Å². The van der Waals surface area contributed by atoms with Crippen molar-refractivity contribution in [1.29, 1.82) is 0 Å². The molecule has 0 saturated heterocycles. The number of hydrogen-bond donors (Lipinski definition) is 0. The van der Waals surface area contributed by atoms with Crippen LogP contribution >= 0.6 is 0 Å². The molecule has 0 spiro atoms. The van der Waals surface area contributed by atoms with E-state index < -0.39 is 11.7 Å². The highest BCUT2D eigenvalue weighted by Crippen LogP contribution is 2.32. The quantitative estimate of drug-likeness (QED) is 0.527. The van der Waals surface area contributed by atoms with Crippen molar-refractivity contribution in [3.63, 3.8) is 0 Å². The average molecular weight is 401 g/mol. The molecule has 0 N–H and O–H groups in total. The molecule has 2 heterocycles. The largest absolute Gasteiger partial charge is 0.416 e. The smallest absolute Gasteiger partial charge is 0.295 e. The Kier molecular flexibility index (Phi) is 4.62. The van der Waals surface area contributed by atoms with E-state index in [4.69, 9.17) is 0 Å². The normalized spacial score (nSPS) is 12.3. The van der Waals surface area contributed by atoms with Crippen molar-refractivity contribution in [2.75, 3.05) is 7.05 Å². The molecule has 0 bridgehead atoms. The maximum atomic E-state index is 13.3. The molecule has 0 radical (unpaired) electrons. The first-order chi connectivity index (χ1) is 13.8. The number of hydrogen-bond acceptors (Lipinski definition) is 4. The van der Waals surface area contributed by atoms with E-state index in [9.17, 15) is 18.0 Å². The first-order valence-corrected chi connectivity index (χ1v) is 8.93. The third-order valence-electron chi connectivity index (χ3n) is 4.87. The molecule has 0 unspecified atom stereocenters. The summed E-state index contributed by atoms with van der Waals surface area (Å²) in [6, 6.07) is 12.6. The van der Waals surface area contributed by atoms with Crippen LogP contribution in [-0.2, 0) is 26.3 Å². The van der Waals surface area contributed by atoms with E-state index in [0.717, 1.165) is 6.07 Å². The molecule has 2 aromatic heterocycles. The Morgan fingerprint density at radius 3 is 2.45 bits per heavy atom. The number of aromatic nitrogens is 4. The van der Waals surface area contributed by atoms with E-state index >= 15 is 0 Å². The van der Waals surface area contributed by atoms with Crippen molar-refractivity contribution < 1.29 is 13.2 Å². The van der Waals surface area contributed by atoms with E-state index in [-0.39, 0.29) is 24.2 Å². The van der Waals surface area contributed by atoms with Crippen LogP contribution in [0, 0.1) is 0 Å². The summed E-state index contributed by atoms with van der Waals surface area (Å²) in [4.78, 5) is 14.2. The lowest BCUT2D eigenvalue weighted by atomic mass is 10.1. The second-order valence-corrected chi connectivity index (χ2v) is 6.96. The first kappa shape index (κ1) is 19.1. The van der Waals surface area contributed by atoms with Gasteiger partial charge in [-0.1, -0.05) is 30.3 Å². The van der Waals surface area contributed by atoms with Crippen LogP contribution in [0.3, 0.4) is 0 Å². The van der Waals surface area contributed by atoms with E-state index in [1.807, 2.05) is 6.07 Å². The fourth-order valence-corrected chi connectivity index (χ4v) is 3.52. The molecule has 0 atom stereocenters. The van der Waals surface area contributed by atoms with Crippen LogP contribution in [0.2, 0.25) is 0 Å². The van der Waals surface area contributed by atoms with Crippen molar-refractivity contribution in [3.05, 3.63) is 75.8 Å². The summed E-state index contributed by atoms with van der Waals surface area (Å²) in [5.41, 5.74) is 0.0218. The zero-order valence-corrected chi connectivity index (χ0v) is 15.8. The van der Waals surface area contributed by atoms with Crippen LogP contribution < -0.4 is 5.56 Å². The van der Waals surface area contributed by atoms with Gasteiger partial charge in [-0.15, -0.1) is 10.2 Å². The zero-order chi connectivity index (χ0) is 20.8. The highest BCUT2D eigenvalue weighted by Gasteiger charge is 2.33. The molecule has 4 rings (SSSR count). The average Bonchev–Trinajstić information content (AvgIpc) is 3.09. The fourth-order valence-electron chi connectivity index (χ4n) is 3.52. The lowest BCUT2D eigenvalue weighted by molar-refractivity contribution is -0.138. The van der Waals surface area contributed by atoms with E-state index in [2.05, 4.69) is 10.2 Å². The topological polar surface area (TPSA) is 55.4 Å². The van der Waals surface area contributed by atoms with Crippen molar-refractivity contribution in [2.24, 2.45) is 7.05 Å². The van der Waals surface area contributed by atoms with Crippen molar-refractivity contribution in [3.8, 4) is 0 Å². The van der Waals surface area contributed by atoms with Gasteiger partial charge in [0.25, 0.3) is 5.56 Å². The highest BCUT2D eigenvalue weighted by molar-refractivity contribution is 5.80. The Hall–Kier alpha value is -3.20. The Balaban J connectivity index is 1.72. The van der Waals surface area contributed by atoms with Gasteiger partial charge in [0.15, 0.2) is 5.82 Å². The summed E-state index contributed by atoms with van der Waals surface area (Å²) in [5.74, 6) is 0.923. The first-order valence-electron chi connectivity index (χ1n) is 8.93. The maximum absolute atomic E-state index is 13.3. The lowest BCUT2D eigenvalue weighted by Crippen LogP contribution is -2.23. The summed E-state index contributed by atoms with van der Waals surface area (Å²) in [5, 5.41) is 8.83. The number of nitrogens with zero attached hydrogens (tertiary/aromatic N) is 5. The lowest BCUT2D eigenvalue weighted by Gasteiger charge is -2.19. The van der Waals surface area contributed by atoms with Crippen LogP contribution in [0.1, 0.15) is 17.0 Å². The van der Waals surface area contributed by atoms with Gasteiger partial charge in [-0.3, -0.25) is 18.7 Å². The van der Waals surface area contributed by atoms with Gasteiger partial charge >= 0.3 is 6.18 Å². The molecular weight excluding hydrogens is 383 g/mol. The number of halogens is 3. The second-order valence-electron chi connectivity index (χ2n) is 6.96. The molecule has 0 aliphatic heterocycles. The van der Waals surface area contributed by atoms with Crippen LogP contribution in [0.25, 0.3) is 16.7 Å². The standard InChI is InChI=1S/C20H18F3N5O/c1-26(11-13-7-3-5-9-15(13)20(21,22)23)12-17-24-25-19-27(2)18(29)14-8-4-6-10-16(14)28(17)19/h3-10H,11-12H2,1-2H3. The van der Waals surface area contributed by atoms with Gasteiger partial charge in [0.2, 0.25) is 5.78 Å². The molecular formula is C20H18F3N5O. The molecule has 2 aromatic carbocycles. The summed E-state index contributed by atoms with van der Waals surface area (Å²) in [6.07, 6.45) is -4.41. The minimum absolute atomic E-state index is 0.0916. The monoisotopic (exact) mass is 401 g/mol. The minimum atomic E-state index is -4.41. The van der Waals surface area contributed by atoms with Gasteiger partial charge in [-0.2, -0.15) is 13.2 Å². The van der Waals surface area contributed by atoms with E-state index in [0.29, 0.717) is 22.5 Å². The Morgan fingerprint density at radius 2 is 1.69 bits per heavy atom. The number of aryl methyl sites for hydroxylation is 1. The van der Waals surface area contributed by atoms with E-state index in [1.165, 1.54) is 16.7 Å². The SMILES string of the molecule is CN(Cc1ccccc1C(F)(F)F)Cc1nnc2n(C)c(=O)c3ccccc3n12. The predicted octanol–water partition coefficient (Wildman–Crippen LogP) is 3.23. The molecule has 0 aliphatic carbocycles. The van der Waals surface area contributed by atoms with Gasteiger partial charge in [-0.05, 0) is 30.8 Å². The number of para-hydroxylation sites is 1. The predicted molar refractivity (Wildman–Crippen MR) is 102 cm³/mol. The highest BCUT2D eigenvalue weighted by atomic mass is 19.4. The molecule has 4 aromatic rings. The fraction of sp³-hybridized carbons (Fsp3) is 0.250. The summed E-state index contributed by atoms with van der Waals surface area (Å²) < 4.78 is 43.0. The third kappa shape index (κ3) is 3.38. The van der Waals surface area contributed by atoms with Gasteiger partial charge in [-0.25, -0.2) is 0 Å². The van der Waals surface area contributed by atoms with Gasteiger partial charge in [0.1, 0.15) is 0 Å². The second kappa shape index (κ2) is 7.00. The van der Waals surface area contributed by atoms with Crippen LogP contribution in [0.4, 0.5) is 13.2 Å². The molecule has 0 saturated carbocycles. The summed E-state index contributed by atoms with van der Waals surface area (Å²) in [7, 11) is 3.34. The van der Waals surface area contributed by atoms with E-state index in [1.54, 1.807) is 47.7 Å². The van der Waals surface area contributed by atoms with Crippen molar-refractivity contribution in [1.82, 2.24) is 24.1 Å². The minimum Gasteiger partial charge on any atom is -0.295 e. The third-order valence-corrected chi connectivity index (χ3v) is 4.87. The Bertz CT molecular complexity index is 1260. The van der Waals surface area contributed by atoms with Crippen LogP contribution in [0.15, 0.2) is 53.3 Å². The Morgan fingerprint density at radius 1 is 1.00 bits per heavy atom. The number of benzene rings is 2. The molecule has 0 fully saturated rings. The molecule has 150 valence electrons.